The van der Waals surface area contributed by atoms with Crippen LogP contribution >= 0.6 is 11.6 Å². The molecule has 0 radical (unpaired) electrons. The zero-order valence-electron chi connectivity index (χ0n) is 11.2. The molecule has 0 aliphatic carbocycles. The third kappa shape index (κ3) is 3.41. The third-order valence-corrected chi connectivity index (χ3v) is 2.93. The summed E-state index contributed by atoms with van der Waals surface area (Å²) in [5.41, 5.74) is 6.05. The number of nitrogens with one attached hydrogen (secondary N) is 1. The number of nitrogens with zero attached hydrogens (tertiary/aromatic N) is 1. The second-order valence-corrected chi connectivity index (χ2v) is 4.51. The maximum Gasteiger partial charge on any atom is 0.341 e. The van der Waals surface area contributed by atoms with Crippen LogP contribution in [0.5, 0.6) is 0 Å². The average Bonchev–Trinajstić information content (AvgIpc) is 2.44. The molecule has 0 aliphatic heterocycles. The molecule has 5 nitrogen and oxygen atoms in total. The van der Waals surface area contributed by atoms with Crippen LogP contribution in [0.2, 0.25) is 5.02 Å². The van der Waals surface area contributed by atoms with Crippen LogP contribution in [-0.2, 0) is 4.74 Å². The lowest BCUT2D eigenvalue weighted by molar-refractivity contribution is 0.0527. The van der Waals surface area contributed by atoms with E-state index in [1.54, 1.807) is 6.92 Å². The van der Waals surface area contributed by atoms with Crippen LogP contribution in [-0.4, -0.2) is 17.6 Å². The van der Waals surface area contributed by atoms with E-state index in [0.29, 0.717) is 5.69 Å². The normalized spacial score (nSPS) is 10.2. The van der Waals surface area contributed by atoms with E-state index in [0.717, 1.165) is 0 Å². The number of para-hydroxylation sites is 1. The molecule has 2 aromatic rings. The molecule has 3 N–H and O–H groups in total. The summed E-state index contributed by atoms with van der Waals surface area (Å²) in [6.45, 7) is 1.88. The van der Waals surface area contributed by atoms with Crippen molar-refractivity contribution in [3.05, 3.63) is 46.9 Å². The number of anilines is 3. The van der Waals surface area contributed by atoms with Crippen LogP contribution in [0.15, 0.2) is 30.5 Å². The van der Waals surface area contributed by atoms with Crippen molar-refractivity contribution in [3.8, 4) is 0 Å². The number of aromatic nitrogens is 1. The number of rotatable bonds is 4. The smallest absolute Gasteiger partial charge is 0.341 e. The fourth-order valence-electron chi connectivity index (χ4n) is 1.68. The zero-order chi connectivity index (χ0) is 15.4. The van der Waals surface area contributed by atoms with Gasteiger partial charge in [0.25, 0.3) is 0 Å². The Labute approximate surface area is 125 Å². The van der Waals surface area contributed by atoms with Crippen LogP contribution in [0.25, 0.3) is 0 Å². The molecule has 1 aromatic carbocycles. The second kappa shape index (κ2) is 6.41. The van der Waals surface area contributed by atoms with Crippen LogP contribution in [0.4, 0.5) is 21.6 Å². The topological polar surface area (TPSA) is 77.2 Å². The summed E-state index contributed by atoms with van der Waals surface area (Å²) in [4.78, 5) is 15.9. The summed E-state index contributed by atoms with van der Waals surface area (Å²) in [5, 5.41) is 2.87. The fourth-order valence-corrected chi connectivity index (χ4v) is 1.89. The molecule has 0 aliphatic rings. The van der Waals surface area contributed by atoms with Gasteiger partial charge >= 0.3 is 5.97 Å². The van der Waals surface area contributed by atoms with Gasteiger partial charge in [-0.3, -0.25) is 0 Å². The quantitative estimate of drug-likeness (QED) is 0.847. The molecule has 1 heterocycles. The highest BCUT2D eigenvalue weighted by Crippen LogP contribution is 2.29. The molecule has 0 bridgehead atoms. The van der Waals surface area contributed by atoms with Gasteiger partial charge in [-0.25, -0.2) is 14.2 Å². The van der Waals surface area contributed by atoms with Gasteiger partial charge in [-0.05, 0) is 25.1 Å². The van der Waals surface area contributed by atoms with E-state index in [1.165, 1.54) is 30.5 Å². The molecule has 21 heavy (non-hydrogen) atoms. The van der Waals surface area contributed by atoms with Crippen molar-refractivity contribution in [2.24, 2.45) is 0 Å². The monoisotopic (exact) mass is 309 g/mol. The molecule has 0 spiro atoms. The number of benzene rings is 1. The van der Waals surface area contributed by atoms with Crippen LogP contribution in [0.1, 0.15) is 17.3 Å². The number of carbonyl (C=O) groups is 1. The number of hydrogen-bond acceptors (Lipinski definition) is 5. The van der Waals surface area contributed by atoms with Crippen molar-refractivity contribution in [2.75, 3.05) is 17.7 Å². The average molecular weight is 310 g/mol. The Morgan fingerprint density at radius 3 is 2.95 bits per heavy atom. The Hall–Kier alpha value is -2.34. The molecule has 7 heteroatoms. The highest BCUT2D eigenvalue weighted by Gasteiger charge is 2.17. The van der Waals surface area contributed by atoms with Gasteiger partial charge in [0.2, 0.25) is 0 Å². The number of ether oxygens (including phenoxy) is 1. The first-order valence-corrected chi connectivity index (χ1v) is 6.54. The molecule has 0 saturated carbocycles. The minimum Gasteiger partial charge on any atom is -0.462 e. The van der Waals surface area contributed by atoms with E-state index < -0.39 is 11.8 Å². The number of nitrogens with two attached hydrogens (primary N) is 1. The number of halogens is 2. The Morgan fingerprint density at radius 1 is 1.52 bits per heavy atom. The first-order valence-electron chi connectivity index (χ1n) is 6.16. The Balaban J connectivity index is 2.42. The molecule has 2 rings (SSSR count). The van der Waals surface area contributed by atoms with E-state index in [9.17, 15) is 9.18 Å². The van der Waals surface area contributed by atoms with Crippen molar-refractivity contribution < 1.29 is 13.9 Å². The van der Waals surface area contributed by atoms with Gasteiger partial charge in [-0.1, -0.05) is 17.7 Å². The first-order chi connectivity index (χ1) is 10.0. The van der Waals surface area contributed by atoms with E-state index in [2.05, 4.69) is 10.3 Å². The number of carbonyl (C=O) groups excluding carboxylic acids is 1. The van der Waals surface area contributed by atoms with Crippen molar-refractivity contribution in [3.63, 3.8) is 0 Å². The standard InChI is InChI=1S/C14H13ClFN3O2/c1-2-21-14(20)9-6-8(17)7-18-13(9)19-12-10(15)4-3-5-11(12)16/h3-7H,2,17H2,1H3,(H,18,19). The molecule has 0 saturated heterocycles. The lowest BCUT2D eigenvalue weighted by Gasteiger charge is -2.12. The molecule has 1 aromatic heterocycles. The molecular weight excluding hydrogens is 297 g/mol. The first kappa shape index (κ1) is 15.1. The summed E-state index contributed by atoms with van der Waals surface area (Å²) in [7, 11) is 0. The Kier molecular flexibility index (Phi) is 4.59. The molecule has 110 valence electrons. The Morgan fingerprint density at radius 2 is 2.29 bits per heavy atom. The predicted molar refractivity (Wildman–Crippen MR) is 79.3 cm³/mol. The summed E-state index contributed by atoms with van der Waals surface area (Å²) < 4.78 is 18.7. The lowest BCUT2D eigenvalue weighted by Crippen LogP contribution is -2.10. The lowest BCUT2D eigenvalue weighted by atomic mass is 10.2. The third-order valence-electron chi connectivity index (χ3n) is 2.61. The van der Waals surface area contributed by atoms with E-state index >= 15 is 0 Å². The molecule has 0 amide bonds. The Bertz CT molecular complexity index is 659. The van der Waals surface area contributed by atoms with Gasteiger partial charge in [0.05, 0.1) is 29.2 Å². The van der Waals surface area contributed by atoms with Crippen LogP contribution in [0.3, 0.4) is 0 Å². The fraction of sp³-hybridized carbons (Fsp3) is 0.143. The molecule has 0 atom stereocenters. The molecular formula is C14H13ClFN3O2. The van der Waals surface area contributed by atoms with E-state index in [1.807, 2.05) is 0 Å². The van der Waals surface area contributed by atoms with Crippen LogP contribution in [0, 0.1) is 5.82 Å². The van der Waals surface area contributed by atoms with E-state index in [4.69, 9.17) is 22.1 Å². The maximum atomic E-state index is 13.8. The van der Waals surface area contributed by atoms with Crippen molar-refractivity contribution >= 4 is 34.8 Å². The minimum atomic E-state index is -0.604. The SMILES string of the molecule is CCOC(=O)c1cc(N)cnc1Nc1c(F)cccc1Cl. The number of esters is 1. The van der Waals surface area contributed by atoms with Crippen molar-refractivity contribution in [2.45, 2.75) is 6.92 Å². The second-order valence-electron chi connectivity index (χ2n) is 4.11. The van der Waals surface area contributed by atoms with Gasteiger partial charge in [0.15, 0.2) is 0 Å². The summed E-state index contributed by atoms with van der Waals surface area (Å²) in [6.07, 6.45) is 1.35. The van der Waals surface area contributed by atoms with Gasteiger partial charge in [-0.2, -0.15) is 0 Å². The number of pyridine rings is 1. The summed E-state index contributed by atoms with van der Waals surface area (Å²) >= 11 is 5.93. The van der Waals surface area contributed by atoms with Gasteiger partial charge in [0, 0.05) is 0 Å². The van der Waals surface area contributed by atoms with Gasteiger partial charge in [-0.15, -0.1) is 0 Å². The van der Waals surface area contributed by atoms with Crippen LogP contribution < -0.4 is 11.1 Å². The number of nitrogen functional groups attached to an aromatic ring is 1. The highest BCUT2D eigenvalue weighted by atomic mass is 35.5. The molecule has 0 fully saturated rings. The van der Waals surface area contributed by atoms with Crippen molar-refractivity contribution in [1.82, 2.24) is 4.98 Å². The highest BCUT2D eigenvalue weighted by molar-refractivity contribution is 6.33. The van der Waals surface area contributed by atoms with Gasteiger partial charge in [0.1, 0.15) is 17.2 Å². The van der Waals surface area contributed by atoms with Crippen molar-refractivity contribution in [1.29, 1.82) is 0 Å². The van der Waals surface area contributed by atoms with E-state index in [-0.39, 0.29) is 28.7 Å². The summed E-state index contributed by atoms with van der Waals surface area (Å²) in [5.74, 6) is -1.04. The largest absolute Gasteiger partial charge is 0.462 e. The predicted octanol–water partition coefficient (Wildman–Crippen LogP) is 3.38. The van der Waals surface area contributed by atoms with Gasteiger partial charge < -0.3 is 15.8 Å². The minimum absolute atomic E-state index is 0.0296. The number of hydrogen-bond donors (Lipinski definition) is 2. The maximum absolute atomic E-state index is 13.8. The molecule has 0 unspecified atom stereocenters. The summed E-state index contributed by atoms with van der Waals surface area (Å²) in [6, 6.07) is 5.65. The zero-order valence-corrected chi connectivity index (χ0v) is 11.9.